The zero-order valence-corrected chi connectivity index (χ0v) is 11.1. The van der Waals surface area contributed by atoms with E-state index in [-0.39, 0.29) is 0 Å². The predicted octanol–water partition coefficient (Wildman–Crippen LogP) is 3.24. The number of hydrogen-bond acceptors (Lipinski definition) is 3. The summed E-state index contributed by atoms with van der Waals surface area (Å²) in [5.41, 5.74) is 9.10. The number of furan rings is 1. The second-order valence-electron chi connectivity index (χ2n) is 4.53. The van der Waals surface area contributed by atoms with Crippen molar-refractivity contribution < 1.29 is 9.15 Å². The number of hydrogen-bond donors (Lipinski definition) is 1. The third-order valence-corrected chi connectivity index (χ3v) is 3.15. The molecule has 3 heteroatoms. The van der Waals surface area contributed by atoms with Crippen molar-refractivity contribution in [3.63, 3.8) is 0 Å². The molecule has 0 atom stereocenters. The maximum absolute atomic E-state index is 5.77. The van der Waals surface area contributed by atoms with E-state index in [1.54, 1.807) is 0 Å². The minimum atomic E-state index is 0.421. The van der Waals surface area contributed by atoms with Crippen LogP contribution in [0.5, 0.6) is 5.75 Å². The van der Waals surface area contributed by atoms with E-state index in [0.29, 0.717) is 13.2 Å². The Balaban J connectivity index is 2.06. The normalized spacial score (nSPS) is 10.7. The molecule has 3 nitrogen and oxygen atoms in total. The molecule has 0 radical (unpaired) electrons. The average Bonchev–Trinajstić information content (AvgIpc) is 2.72. The highest BCUT2D eigenvalue weighted by Gasteiger charge is 2.07. The molecule has 0 bridgehead atoms. The van der Waals surface area contributed by atoms with Crippen LogP contribution in [-0.4, -0.2) is 0 Å². The third-order valence-electron chi connectivity index (χ3n) is 3.15. The second kappa shape index (κ2) is 5.27. The first-order valence-corrected chi connectivity index (χ1v) is 6.08. The molecular formula is C15H19NO2. The summed E-state index contributed by atoms with van der Waals surface area (Å²) < 4.78 is 11.3. The number of aryl methyl sites for hydroxylation is 3. The predicted molar refractivity (Wildman–Crippen MR) is 71.6 cm³/mol. The van der Waals surface area contributed by atoms with Gasteiger partial charge in [0.15, 0.2) is 0 Å². The lowest BCUT2D eigenvalue weighted by Crippen LogP contribution is -1.96. The van der Waals surface area contributed by atoms with Gasteiger partial charge in [0.2, 0.25) is 0 Å². The van der Waals surface area contributed by atoms with Crippen LogP contribution in [0.4, 0.5) is 0 Å². The third kappa shape index (κ3) is 2.74. The van der Waals surface area contributed by atoms with Gasteiger partial charge in [0.05, 0.1) is 6.54 Å². The zero-order chi connectivity index (χ0) is 13.1. The van der Waals surface area contributed by atoms with E-state index in [2.05, 4.69) is 26.0 Å². The van der Waals surface area contributed by atoms with E-state index in [1.165, 1.54) is 11.1 Å². The Morgan fingerprint density at radius 2 is 1.89 bits per heavy atom. The fourth-order valence-corrected chi connectivity index (χ4v) is 1.80. The van der Waals surface area contributed by atoms with E-state index in [9.17, 15) is 0 Å². The summed E-state index contributed by atoms with van der Waals surface area (Å²) in [4.78, 5) is 0. The number of rotatable bonds is 4. The Bertz CT molecular complexity index is 543. The Kier molecular flexibility index (Phi) is 3.72. The molecule has 2 aromatic rings. The van der Waals surface area contributed by atoms with Gasteiger partial charge in [0.1, 0.15) is 23.9 Å². The summed E-state index contributed by atoms with van der Waals surface area (Å²) >= 11 is 0. The standard InChI is InChI=1S/C15H19NO2/c1-10-4-5-14(6-11(10)2)17-9-13-7-15(8-16)18-12(13)3/h4-7H,8-9,16H2,1-3H3. The molecule has 18 heavy (non-hydrogen) atoms. The van der Waals surface area contributed by atoms with Crippen molar-refractivity contribution in [1.82, 2.24) is 0 Å². The monoisotopic (exact) mass is 245 g/mol. The summed E-state index contributed by atoms with van der Waals surface area (Å²) in [5.74, 6) is 2.55. The van der Waals surface area contributed by atoms with Crippen molar-refractivity contribution in [3.05, 3.63) is 52.5 Å². The van der Waals surface area contributed by atoms with Gasteiger partial charge in [-0.25, -0.2) is 0 Å². The van der Waals surface area contributed by atoms with Crippen LogP contribution in [-0.2, 0) is 13.2 Å². The van der Waals surface area contributed by atoms with Crippen LogP contribution >= 0.6 is 0 Å². The van der Waals surface area contributed by atoms with E-state index >= 15 is 0 Å². The number of ether oxygens (including phenoxy) is 1. The molecule has 0 amide bonds. The van der Waals surface area contributed by atoms with Crippen LogP contribution < -0.4 is 10.5 Å². The summed E-state index contributed by atoms with van der Waals surface area (Å²) in [6.07, 6.45) is 0. The topological polar surface area (TPSA) is 48.4 Å². The average molecular weight is 245 g/mol. The van der Waals surface area contributed by atoms with Crippen LogP contribution in [0, 0.1) is 20.8 Å². The lowest BCUT2D eigenvalue weighted by Gasteiger charge is -2.07. The minimum Gasteiger partial charge on any atom is -0.489 e. The molecule has 0 saturated heterocycles. The fourth-order valence-electron chi connectivity index (χ4n) is 1.80. The molecule has 0 aliphatic rings. The fraction of sp³-hybridized carbons (Fsp3) is 0.333. The van der Waals surface area contributed by atoms with E-state index in [1.807, 2.05) is 19.1 Å². The van der Waals surface area contributed by atoms with Crippen molar-refractivity contribution in [2.45, 2.75) is 33.9 Å². The second-order valence-corrected chi connectivity index (χ2v) is 4.53. The molecule has 0 unspecified atom stereocenters. The van der Waals surface area contributed by atoms with Gasteiger partial charge in [-0.05, 0) is 50.1 Å². The largest absolute Gasteiger partial charge is 0.489 e. The van der Waals surface area contributed by atoms with Crippen LogP contribution in [0.2, 0.25) is 0 Å². The van der Waals surface area contributed by atoms with E-state index in [0.717, 1.165) is 22.8 Å². The van der Waals surface area contributed by atoms with Crippen molar-refractivity contribution in [2.24, 2.45) is 5.73 Å². The van der Waals surface area contributed by atoms with Crippen LogP contribution in [0.3, 0.4) is 0 Å². The number of benzene rings is 1. The van der Waals surface area contributed by atoms with Crippen molar-refractivity contribution in [1.29, 1.82) is 0 Å². The molecule has 1 heterocycles. The van der Waals surface area contributed by atoms with Crippen LogP contribution in [0.25, 0.3) is 0 Å². The highest BCUT2D eigenvalue weighted by molar-refractivity contribution is 5.34. The van der Waals surface area contributed by atoms with Gasteiger partial charge in [-0.2, -0.15) is 0 Å². The Hall–Kier alpha value is -1.74. The van der Waals surface area contributed by atoms with E-state index < -0.39 is 0 Å². The smallest absolute Gasteiger partial charge is 0.120 e. The van der Waals surface area contributed by atoms with Crippen molar-refractivity contribution >= 4 is 0 Å². The van der Waals surface area contributed by atoms with Crippen LogP contribution in [0.15, 0.2) is 28.7 Å². The van der Waals surface area contributed by atoms with Crippen LogP contribution in [0.1, 0.15) is 28.2 Å². The van der Waals surface area contributed by atoms with Gasteiger partial charge < -0.3 is 14.9 Å². The highest BCUT2D eigenvalue weighted by atomic mass is 16.5. The maximum atomic E-state index is 5.77. The Labute approximate surface area is 108 Å². The van der Waals surface area contributed by atoms with E-state index in [4.69, 9.17) is 14.9 Å². The quantitative estimate of drug-likeness (QED) is 0.899. The SMILES string of the molecule is Cc1ccc(OCc2cc(CN)oc2C)cc1C. The minimum absolute atomic E-state index is 0.421. The summed E-state index contributed by atoms with van der Waals surface area (Å²) in [6.45, 7) is 7.03. The van der Waals surface area contributed by atoms with Gasteiger partial charge in [-0.3, -0.25) is 0 Å². The van der Waals surface area contributed by atoms with Gasteiger partial charge in [-0.15, -0.1) is 0 Å². The van der Waals surface area contributed by atoms with Crippen molar-refractivity contribution in [2.75, 3.05) is 0 Å². The molecule has 2 N–H and O–H groups in total. The van der Waals surface area contributed by atoms with Gasteiger partial charge in [0, 0.05) is 5.56 Å². The number of nitrogens with two attached hydrogens (primary N) is 1. The summed E-state index contributed by atoms with van der Waals surface area (Å²) in [6, 6.07) is 8.06. The highest BCUT2D eigenvalue weighted by Crippen LogP contribution is 2.20. The van der Waals surface area contributed by atoms with Gasteiger partial charge >= 0.3 is 0 Å². The molecule has 0 aliphatic heterocycles. The molecule has 0 aliphatic carbocycles. The summed E-state index contributed by atoms with van der Waals surface area (Å²) in [7, 11) is 0. The Morgan fingerprint density at radius 3 is 2.50 bits per heavy atom. The first-order valence-electron chi connectivity index (χ1n) is 6.08. The first-order chi connectivity index (χ1) is 8.60. The Morgan fingerprint density at radius 1 is 1.11 bits per heavy atom. The maximum Gasteiger partial charge on any atom is 0.120 e. The lowest BCUT2D eigenvalue weighted by atomic mass is 10.1. The molecule has 0 saturated carbocycles. The molecular weight excluding hydrogens is 226 g/mol. The molecule has 1 aromatic heterocycles. The molecule has 96 valence electrons. The zero-order valence-electron chi connectivity index (χ0n) is 11.1. The van der Waals surface area contributed by atoms with Gasteiger partial charge in [0.25, 0.3) is 0 Å². The molecule has 1 aromatic carbocycles. The summed E-state index contributed by atoms with van der Waals surface area (Å²) in [5, 5.41) is 0. The first kappa shape index (κ1) is 12.7. The molecule has 2 rings (SSSR count). The van der Waals surface area contributed by atoms with Crippen molar-refractivity contribution in [3.8, 4) is 5.75 Å². The van der Waals surface area contributed by atoms with Gasteiger partial charge in [-0.1, -0.05) is 6.07 Å². The lowest BCUT2D eigenvalue weighted by molar-refractivity contribution is 0.303. The molecule has 0 fully saturated rings. The molecule has 0 spiro atoms.